The molecule has 0 radical (unpaired) electrons. The summed E-state index contributed by atoms with van der Waals surface area (Å²) in [5.74, 6) is -0.576. The quantitative estimate of drug-likeness (QED) is 0.566. The second kappa shape index (κ2) is 9.69. The van der Waals surface area contributed by atoms with Crippen LogP contribution in [0.3, 0.4) is 0 Å². The molecule has 3 rings (SSSR count). The predicted molar refractivity (Wildman–Crippen MR) is 119 cm³/mol. The van der Waals surface area contributed by atoms with Crippen molar-refractivity contribution in [1.29, 1.82) is 0 Å². The first-order valence-electron chi connectivity index (χ1n) is 9.74. The first-order chi connectivity index (χ1) is 15.4. The second-order valence-corrected chi connectivity index (χ2v) is 6.62. The van der Waals surface area contributed by atoms with Gasteiger partial charge < -0.3 is 25.0 Å². The van der Waals surface area contributed by atoms with E-state index >= 15 is 0 Å². The number of rotatable bonds is 7. The predicted octanol–water partition coefficient (Wildman–Crippen LogP) is 3.60. The van der Waals surface area contributed by atoms with Gasteiger partial charge in [-0.05, 0) is 44.2 Å². The number of carbonyl (C=O) groups excluding carboxylic acids is 1. The molecule has 0 atom stereocenters. The first kappa shape index (κ1) is 22.4. The minimum Gasteiger partial charge on any atom is -0.505 e. The molecule has 3 N–H and O–H groups in total. The Bertz CT molecular complexity index is 1140. The average Bonchev–Trinajstić information content (AvgIpc) is 2.78. The number of methoxy groups -OCH3 is 1. The monoisotopic (exact) mass is 437 g/mol. The fourth-order valence-corrected chi connectivity index (χ4v) is 3.22. The van der Waals surface area contributed by atoms with Crippen molar-refractivity contribution >= 4 is 29.5 Å². The minimum absolute atomic E-state index is 0.175. The zero-order valence-electron chi connectivity index (χ0n) is 17.8. The lowest BCUT2D eigenvalue weighted by Gasteiger charge is -2.31. The molecule has 166 valence electrons. The topological polar surface area (TPSA) is 121 Å². The van der Waals surface area contributed by atoms with E-state index in [1.807, 2.05) is 0 Å². The van der Waals surface area contributed by atoms with E-state index in [2.05, 4.69) is 10.4 Å². The molecule has 9 heteroatoms. The third kappa shape index (κ3) is 4.56. The maximum absolute atomic E-state index is 12.7. The number of nitrogens with zero attached hydrogens (tertiary/aromatic N) is 2. The van der Waals surface area contributed by atoms with Gasteiger partial charge in [0.1, 0.15) is 23.8 Å². The number of ether oxygens (including phenoxy) is 2. The third-order valence-corrected chi connectivity index (χ3v) is 4.58. The summed E-state index contributed by atoms with van der Waals surface area (Å²) in [4.78, 5) is 23.5. The highest BCUT2D eigenvalue weighted by Crippen LogP contribution is 2.40. The van der Waals surface area contributed by atoms with E-state index < -0.39 is 18.4 Å². The van der Waals surface area contributed by atoms with Crippen molar-refractivity contribution in [3.63, 3.8) is 0 Å². The van der Waals surface area contributed by atoms with Crippen LogP contribution in [0.2, 0.25) is 0 Å². The van der Waals surface area contributed by atoms with E-state index in [1.54, 1.807) is 69.5 Å². The van der Waals surface area contributed by atoms with Crippen LogP contribution in [0.15, 0.2) is 59.3 Å². The fourth-order valence-electron chi connectivity index (χ4n) is 3.22. The van der Waals surface area contributed by atoms with Gasteiger partial charge in [-0.15, -0.1) is 0 Å². The molecule has 1 aliphatic rings. The number of nitrogens with one attached hydrogen (secondary N) is 1. The SMILES string of the molecule is C/C=N\N1C(C(=O)NCC(=O)O)=C(O)c2ccc(Oc3cccc(OC)c3)cc2/C1=C\C. The van der Waals surface area contributed by atoms with Gasteiger partial charge in [-0.2, -0.15) is 5.10 Å². The van der Waals surface area contributed by atoms with Crippen LogP contribution in [-0.4, -0.2) is 47.0 Å². The highest BCUT2D eigenvalue weighted by Gasteiger charge is 2.33. The number of hydrogen-bond acceptors (Lipinski definition) is 7. The number of hydrazone groups is 1. The van der Waals surface area contributed by atoms with E-state index in [4.69, 9.17) is 14.6 Å². The smallest absolute Gasteiger partial charge is 0.322 e. The van der Waals surface area contributed by atoms with Gasteiger partial charge in [0, 0.05) is 23.4 Å². The number of carboxylic acids is 1. The second-order valence-electron chi connectivity index (χ2n) is 6.62. The molecule has 0 saturated carbocycles. The number of hydrogen-bond donors (Lipinski definition) is 3. The molecular formula is C23H23N3O6. The van der Waals surface area contributed by atoms with Gasteiger partial charge >= 0.3 is 5.97 Å². The summed E-state index contributed by atoms with van der Waals surface area (Å²) < 4.78 is 11.2. The molecule has 0 aromatic heterocycles. The van der Waals surface area contributed by atoms with Crippen molar-refractivity contribution in [1.82, 2.24) is 10.3 Å². The molecule has 0 saturated heterocycles. The molecule has 0 spiro atoms. The van der Waals surface area contributed by atoms with Crippen LogP contribution in [0, 0.1) is 0 Å². The van der Waals surface area contributed by atoms with E-state index in [0.29, 0.717) is 34.1 Å². The Balaban J connectivity index is 2.06. The number of amides is 1. The zero-order valence-corrected chi connectivity index (χ0v) is 17.8. The summed E-state index contributed by atoms with van der Waals surface area (Å²) in [5, 5.41) is 27.5. The van der Waals surface area contributed by atoms with Crippen molar-refractivity contribution < 1.29 is 29.3 Å². The summed E-state index contributed by atoms with van der Waals surface area (Å²) in [6, 6.07) is 12.1. The number of allylic oxidation sites excluding steroid dienone is 1. The molecule has 32 heavy (non-hydrogen) atoms. The Hall–Kier alpha value is -4.27. The Morgan fingerprint density at radius 3 is 2.47 bits per heavy atom. The van der Waals surface area contributed by atoms with E-state index in [-0.39, 0.29) is 11.5 Å². The molecule has 2 aromatic rings. The summed E-state index contributed by atoms with van der Waals surface area (Å²) in [6.07, 6.45) is 3.20. The normalized spacial score (nSPS) is 14.5. The third-order valence-electron chi connectivity index (χ3n) is 4.58. The molecule has 1 aliphatic heterocycles. The van der Waals surface area contributed by atoms with Crippen molar-refractivity contribution in [2.24, 2.45) is 5.10 Å². The van der Waals surface area contributed by atoms with Gasteiger partial charge in [-0.25, -0.2) is 5.01 Å². The standard InChI is InChI=1S/C23H23N3O6/c1-4-19-18-12-16(32-15-8-6-7-14(11-15)31-3)9-10-17(18)22(29)21(26(19)25-5-2)23(30)24-13-20(27)28/h4-12,29H,13H2,1-3H3,(H,24,30)(H,27,28)/b19-4+,25-5-. The van der Waals surface area contributed by atoms with Gasteiger partial charge in [0.25, 0.3) is 5.91 Å². The lowest BCUT2D eigenvalue weighted by Crippen LogP contribution is -2.37. The maximum Gasteiger partial charge on any atom is 0.322 e. The van der Waals surface area contributed by atoms with Gasteiger partial charge in [-0.1, -0.05) is 12.1 Å². The number of carboxylic acid groups (broad SMARTS) is 1. The Morgan fingerprint density at radius 1 is 1.09 bits per heavy atom. The number of fused-ring (bicyclic) bond motifs is 1. The molecule has 1 heterocycles. The van der Waals surface area contributed by atoms with Gasteiger partial charge in [-0.3, -0.25) is 9.59 Å². The van der Waals surface area contributed by atoms with Crippen molar-refractivity contribution in [3.05, 3.63) is 65.4 Å². The zero-order chi connectivity index (χ0) is 23.3. The number of aliphatic hydroxyl groups is 1. The lowest BCUT2D eigenvalue weighted by molar-refractivity contribution is -0.137. The van der Waals surface area contributed by atoms with Crippen LogP contribution >= 0.6 is 0 Å². The van der Waals surface area contributed by atoms with Crippen LogP contribution in [0.5, 0.6) is 17.2 Å². The van der Waals surface area contributed by atoms with Crippen molar-refractivity contribution in [2.45, 2.75) is 13.8 Å². The maximum atomic E-state index is 12.7. The Labute approximate surface area is 184 Å². The van der Waals surface area contributed by atoms with E-state index in [0.717, 1.165) is 0 Å². The van der Waals surface area contributed by atoms with Crippen LogP contribution < -0.4 is 14.8 Å². The number of aliphatic hydroxyl groups excluding tert-OH is 1. The average molecular weight is 437 g/mol. The summed E-state index contributed by atoms with van der Waals surface area (Å²) in [7, 11) is 1.57. The van der Waals surface area contributed by atoms with E-state index in [1.165, 1.54) is 11.2 Å². The molecule has 0 aliphatic carbocycles. The van der Waals surface area contributed by atoms with Crippen LogP contribution in [0.4, 0.5) is 0 Å². The Kier molecular flexibility index (Phi) is 6.79. The fraction of sp³-hybridized carbons (Fsp3) is 0.174. The van der Waals surface area contributed by atoms with Crippen LogP contribution in [-0.2, 0) is 9.59 Å². The summed E-state index contributed by atoms with van der Waals surface area (Å²) in [6.45, 7) is 2.83. The van der Waals surface area contributed by atoms with E-state index in [9.17, 15) is 14.7 Å². The molecule has 9 nitrogen and oxygen atoms in total. The van der Waals surface area contributed by atoms with Crippen molar-refractivity contribution in [2.75, 3.05) is 13.7 Å². The van der Waals surface area contributed by atoms with Gasteiger partial charge in [0.15, 0.2) is 11.5 Å². The summed E-state index contributed by atoms with van der Waals surface area (Å²) in [5.41, 5.74) is 1.32. The molecule has 0 bridgehead atoms. The molecular weight excluding hydrogens is 414 g/mol. The van der Waals surface area contributed by atoms with Crippen LogP contribution in [0.1, 0.15) is 25.0 Å². The highest BCUT2D eigenvalue weighted by atomic mass is 16.5. The van der Waals surface area contributed by atoms with Gasteiger partial charge in [0.05, 0.1) is 12.8 Å². The number of carbonyl (C=O) groups is 2. The van der Waals surface area contributed by atoms with Crippen molar-refractivity contribution in [3.8, 4) is 17.2 Å². The molecule has 0 unspecified atom stereocenters. The highest BCUT2D eigenvalue weighted by molar-refractivity contribution is 6.04. The summed E-state index contributed by atoms with van der Waals surface area (Å²) >= 11 is 0. The molecule has 1 amide bonds. The Morgan fingerprint density at radius 2 is 1.81 bits per heavy atom. The largest absolute Gasteiger partial charge is 0.505 e. The van der Waals surface area contributed by atoms with Gasteiger partial charge in [0.2, 0.25) is 0 Å². The molecule has 0 fully saturated rings. The lowest BCUT2D eigenvalue weighted by atomic mass is 9.96. The number of aliphatic carboxylic acids is 1. The molecule has 2 aromatic carbocycles. The number of benzene rings is 2. The van der Waals surface area contributed by atoms with Crippen LogP contribution in [0.25, 0.3) is 11.5 Å². The minimum atomic E-state index is -1.20. The first-order valence-corrected chi connectivity index (χ1v) is 9.74.